The van der Waals surface area contributed by atoms with E-state index < -0.39 is 0 Å². The molecule has 0 saturated heterocycles. The molecule has 0 saturated carbocycles. The van der Waals surface area contributed by atoms with Gasteiger partial charge in [0, 0.05) is 16.2 Å². The normalized spacial score (nSPS) is 10.0. The molecule has 3 aromatic rings. The zero-order valence-electron chi connectivity index (χ0n) is 11.4. The molecule has 0 unspecified atom stereocenters. The van der Waals surface area contributed by atoms with Gasteiger partial charge in [0.2, 0.25) is 5.95 Å². The van der Waals surface area contributed by atoms with Crippen LogP contribution in [-0.4, -0.2) is 15.0 Å². The molecule has 5 nitrogen and oxygen atoms in total. The van der Waals surface area contributed by atoms with Gasteiger partial charge in [-0.15, -0.1) is 0 Å². The summed E-state index contributed by atoms with van der Waals surface area (Å²) < 4.78 is 0.991. The van der Waals surface area contributed by atoms with Crippen molar-refractivity contribution < 1.29 is 0 Å². The predicted molar refractivity (Wildman–Crippen MR) is 87.6 cm³/mol. The lowest BCUT2D eigenvalue weighted by Gasteiger charge is -2.07. The Morgan fingerprint density at radius 3 is 2.41 bits per heavy atom. The Hall–Kier alpha value is -2.78. The maximum atomic E-state index is 8.82. The molecule has 22 heavy (non-hydrogen) atoms. The van der Waals surface area contributed by atoms with E-state index in [9.17, 15) is 0 Å². The molecule has 0 atom stereocenters. The summed E-state index contributed by atoms with van der Waals surface area (Å²) in [6.45, 7) is 0. The van der Waals surface area contributed by atoms with Crippen LogP contribution in [-0.2, 0) is 0 Å². The van der Waals surface area contributed by atoms with E-state index in [0.717, 1.165) is 21.4 Å². The van der Waals surface area contributed by atoms with Crippen molar-refractivity contribution >= 4 is 21.9 Å². The number of hydrogen-bond donors (Lipinski definition) is 1. The van der Waals surface area contributed by atoms with Gasteiger partial charge in [0.05, 0.1) is 17.1 Å². The molecule has 2 heterocycles. The number of benzene rings is 1. The van der Waals surface area contributed by atoms with Crippen LogP contribution >= 0.6 is 15.9 Å². The van der Waals surface area contributed by atoms with Crippen LogP contribution in [0, 0.1) is 11.5 Å². The average molecular weight is 352 g/mol. The van der Waals surface area contributed by atoms with Gasteiger partial charge in [-0.2, -0.15) is 5.26 Å². The Balaban J connectivity index is 2.12. The van der Waals surface area contributed by atoms with Gasteiger partial charge >= 0.3 is 0 Å². The molecule has 0 amide bonds. The van der Waals surface area contributed by atoms with Crippen LogP contribution in [0.15, 0.2) is 59.2 Å². The first-order valence-electron chi connectivity index (χ1n) is 6.48. The van der Waals surface area contributed by atoms with Crippen molar-refractivity contribution in [3.05, 3.63) is 59.2 Å². The maximum absolute atomic E-state index is 8.82. The van der Waals surface area contributed by atoms with Gasteiger partial charge in [-0.3, -0.25) is 10.3 Å². The second-order valence-electron chi connectivity index (χ2n) is 4.42. The Labute approximate surface area is 135 Å². The van der Waals surface area contributed by atoms with E-state index in [1.165, 1.54) is 0 Å². The molecular weight excluding hydrogens is 342 g/mol. The molecule has 2 aromatic heterocycles. The van der Waals surface area contributed by atoms with Gasteiger partial charge < -0.3 is 0 Å². The van der Waals surface area contributed by atoms with Crippen molar-refractivity contribution in [3.8, 4) is 28.8 Å². The largest absolute Gasteiger partial charge is 0.261 e. The number of nitrogens with one attached hydrogen (secondary N) is 1. The summed E-state index contributed by atoms with van der Waals surface area (Å²) >= 11 is 3.41. The fourth-order valence-electron chi connectivity index (χ4n) is 1.97. The Kier molecular flexibility index (Phi) is 4.08. The number of rotatable bonds is 3. The van der Waals surface area contributed by atoms with Gasteiger partial charge in [-0.05, 0) is 30.3 Å². The van der Waals surface area contributed by atoms with Crippen LogP contribution in [0.4, 0.5) is 5.95 Å². The van der Waals surface area contributed by atoms with E-state index in [-0.39, 0.29) is 5.95 Å². The summed E-state index contributed by atoms with van der Waals surface area (Å²) in [5.74, 6) is 0.253. The molecule has 3 rings (SSSR count). The lowest BCUT2D eigenvalue weighted by atomic mass is 10.1. The number of pyridine rings is 1. The molecule has 1 aromatic carbocycles. The second kappa shape index (κ2) is 6.33. The van der Waals surface area contributed by atoms with Crippen molar-refractivity contribution in [3.63, 3.8) is 0 Å². The third kappa shape index (κ3) is 3.10. The number of nitrogens with zero attached hydrogens (tertiary/aromatic N) is 4. The summed E-state index contributed by atoms with van der Waals surface area (Å²) in [5, 5.41) is 11.3. The van der Waals surface area contributed by atoms with Crippen molar-refractivity contribution in [2.24, 2.45) is 0 Å². The SMILES string of the molecule is N#CNc1nc(-c2ccc(Br)cc2)cc(-c2ccccn2)n1. The highest BCUT2D eigenvalue weighted by molar-refractivity contribution is 9.10. The first-order chi connectivity index (χ1) is 10.8. The van der Waals surface area contributed by atoms with E-state index in [2.05, 4.69) is 36.2 Å². The minimum atomic E-state index is 0.253. The van der Waals surface area contributed by atoms with Crippen molar-refractivity contribution in [1.82, 2.24) is 15.0 Å². The molecule has 106 valence electrons. The molecule has 0 aliphatic rings. The van der Waals surface area contributed by atoms with Crippen LogP contribution in [0.5, 0.6) is 0 Å². The first kappa shape index (κ1) is 14.2. The van der Waals surface area contributed by atoms with Crippen LogP contribution in [0.3, 0.4) is 0 Å². The Bertz CT molecular complexity index is 825. The van der Waals surface area contributed by atoms with E-state index in [1.54, 1.807) is 6.20 Å². The molecule has 0 aliphatic carbocycles. The zero-order chi connectivity index (χ0) is 15.4. The summed E-state index contributed by atoms with van der Waals surface area (Å²) in [6, 6.07) is 15.2. The smallest absolute Gasteiger partial charge is 0.237 e. The molecule has 0 aliphatic heterocycles. The fraction of sp³-hybridized carbons (Fsp3) is 0. The molecule has 6 heteroatoms. The zero-order valence-corrected chi connectivity index (χ0v) is 12.9. The molecule has 0 bridgehead atoms. The van der Waals surface area contributed by atoms with Crippen LogP contribution < -0.4 is 5.32 Å². The lowest BCUT2D eigenvalue weighted by Crippen LogP contribution is -2.00. The summed E-state index contributed by atoms with van der Waals surface area (Å²) in [5.41, 5.74) is 3.04. The summed E-state index contributed by atoms with van der Waals surface area (Å²) in [6.07, 6.45) is 3.55. The fourth-order valence-corrected chi connectivity index (χ4v) is 2.23. The Morgan fingerprint density at radius 1 is 0.955 bits per heavy atom. The van der Waals surface area contributed by atoms with E-state index in [0.29, 0.717) is 5.69 Å². The third-order valence-electron chi connectivity index (χ3n) is 2.96. The number of aromatic nitrogens is 3. The number of halogens is 1. The number of nitriles is 1. The predicted octanol–water partition coefficient (Wildman–Crippen LogP) is 3.86. The van der Waals surface area contributed by atoms with Crippen molar-refractivity contribution in [2.75, 3.05) is 5.32 Å². The van der Waals surface area contributed by atoms with Gasteiger partial charge in [0.15, 0.2) is 6.19 Å². The van der Waals surface area contributed by atoms with Crippen molar-refractivity contribution in [1.29, 1.82) is 5.26 Å². The molecule has 1 N–H and O–H groups in total. The lowest BCUT2D eigenvalue weighted by molar-refractivity contribution is 1.15. The topological polar surface area (TPSA) is 74.5 Å². The quantitative estimate of drug-likeness (QED) is 0.572. The van der Waals surface area contributed by atoms with E-state index in [4.69, 9.17) is 5.26 Å². The third-order valence-corrected chi connectivity index (χ3v) is 3.49. The number of hydrogen-bond acceptors (Lipinski definition) is 5. The van der Waals surface area contributed by atoms with Crippen molar-refractivity contribution in [2.45, 2.75) is 0 Å². The molecule has 0 spiro atoms. The molecule has 0 radical (unpaired) electrons. The molecule has 0 fully saturated rings. The number of anilines is 1. The van der Waals surface area contributed by atoms with Crippen LogP contribution in [0.2, 0.25) is 0 Å². The van der Waals surface area contributed by atoms with Crippen LogP contribution in [0.1, 0.15) is 0 Å². The second-order valence-corrected chi connectivity index (χ2v) is 5.34. The van der Waals surface area contributed by atoms with Gasteiger partial charge in [0.1, 0.15) is 0 Å². The maximum Gasteiger partial charge on any atom is 0.237 e. The van der Waals surface area contributed by atoms with Gasteiger partial charge in [0.25, 0.3) is 0 Å². The Morgan fingerprint density at radius 2 is 1.73 bits per heavy atom. The molecular formula is C16H10BrN5. The van der Waals surface area contributed by atoms with E-state index in [1.807, 2.05) is 54.7 Å². The standard InChI is InChI=1S/C16H10BrN5/c17-12-6-4-11(5-7-12)14-9-15(13-3-1-2-8-19-13)22-16(21-14)20-10-18/h1-9H,(H,20,21,22). The monoisotopic (exact) mass is 351 g/mol. The first-order valence-corrected chi connectivity index (χ1v) is 7.27. The van der Waals surface area contributed by atoms with E-state index >= 15 is 0 Å². The van der Waals surface area contributed by atoms with Crippen LogP contribution in [0.25, 0.3) is 22.6 Å². The average Bonchev–Trinajstić information content (AvgIpc) is 2.56. The minimum Gasteiger partial charge on any atom is -0.261 e. The highest BCUT2D eigenvalue weighted by atomic mass is 79.9. The summed E-state index contributed by atoms with van der Waals surface area (Å²) in [4.78, 5) is 13.0. The highest BCUT2D eigenvalue weighted by Gasteiger charge is 2.09. The minimum absolute atomic E-state index is 0.253. The van der Waals surface area contributed by atoms with Gasteiger partial charge in [-0.25, -0.2) is 9.97 Å². The van der Waals surface area contributed by atoms with Gasteiger partial charge in [-0.1, -0.05) is 34.1 Å². The highest BCUT2D eigenvalue weighted by Crippen LogP contribution is 2.25. The summed E-state index contributed by atoms with van der Waals surface area (Å²) in [7, 11) is 0.